The van der Waals surface area contributed by atoms with E-state index in [9.17, 15) is 92.3 Å². The van der Waals surface area contributed by atoms with Crippen LogP contribution in [0.1, 0.15) is 118 Å². The minimum Gasteiger partial charge on any atom is -0.394 e. The third kappa shape index (κ3) is 30.2. The number of likely N-dealkylation sites (tertiary alicyclic amines) is 1. The largest absolute Gasteiger partial charge is 0.394 e. The summed E-state index contributed by atoms with van der Waals surface area (Å²) in [5, 5.41) is 95.4. The van der Waals surface area contributed by atoms with Crippen molar-refractivity contribution in [3.63, 3.8) is 0 Å². The molecule has 0 bridgehead atoms. The highest BCUT2D eigenvalue weighted by atomic mass is 16.3. The van der Waals surface area contributed by atoms with E-state index >= 15 is 0 Å². The van der Waals surface area contributed by atoms with Gasteiger partial charge in [0.1, 0.15) is 84.6 Å². The molecule has 16 atom stereocenters. The molecule has 1 aliphatic heterocycles. The number of aliphatic hydroxyl groups is 4. The van der Waals surface area contributed by atoms with Gasteiger partial charge in [-0.3, -0.25) is 82.7 Å². The van der Waals surface area contributed by atoms with E-state index in [4.69, 9.17) is 33.8 Å². The normalized spacial score (nSPS) is 16.3. The van der Waals surface area contributed by atoms with Gasteiger partial charge in [-0.1, -0.05) is 59.7 Å². The van der Waals surface area contributed by atoms with Crippen LogP contribution in [0.25, 0.3) is 10.9 Å². The van der Waals surface area contributed by atoms with Gasteiger partial charge in [0.25, 0.3) is 0 Å². The van der Waals surface area contributed by atoms with Crippen LogP contribution in [-0.4, -0.2) is 287 Å². The first-order valence-corrected chi connectivity index (χ1v) is 39.2. The lowest BCUT2D eigenvalue weighted by molar-refractivity contribution is -0.145. The summed E-state index contributed by atoms with van der Waals surface area (Å²) in [4.78, 5) is 226. The Hall–Kier alpha value is -12.4. The SMILES string of the molecule is CC(C)[C@H](NC(=O)[C@H](CO)NC(=O)[C@H](Cc1cnc[nH]1)NC(=O)[C@H](CO)NC(=O)[C@@H]1CCCN1C(=O)[C@@H](NC(=O)[C@H](C)NC(=O)[C@@H](NC(=O)[C@H](CO)NC(=O)[C@H](Cc1cnc[nH]1)NC(=O)[C@H](CCCNC(=N)N)NC(=O)[C@H](Cc1c[nH]c2ccccc12)NC(=O)[C@@H](NC(=O)[C@H](C)NC(=O)[C@@H](N)CCCNC(=N)N)C(C)C)C(C)C)[C@@H](C)O)C(N)=O. The topological polar surface area (TPSA) is 746 Å². The van der Waals surface area contributed by atoms with Gasteiger partial charge in [0.05, 0.1) is 44.6 Å². The fraction of sp³-hybridized carbons (Fsp3) is 0.581. The van der Waals surface area contributed by atoms with Crippen molar-refractivity contribution in [2.75, 3.05) is 39.5 Å². The van der Waals surface area contributed by atoms with Gasteiger partial charge >= 0.3 is 0 Å². The van der Waals surface area contributed by atoms with Crippen molar-refractivity contribution in [2.45, 2.75) is 217 Å². The molecule has 1 fully saturated rings. The molecule has 1 aromatic carbocycles. The maximum absolute atomic E-state index is 14.9. The van der Waals surface area contributed by atoms with Gasteiger partial charge in [-0.05, 0) is 88.7 Å². The fourth-order valence-electron chi connectivity index (χ4n) is 12.7. The zero-order valence-electron chi connectivity index (χ0n) is 68.3. The fourth-order valence-corrected chi connectivity index (χ4v) is 12.7. The summed E-state index contributed by atoms with van der Waals surface area (Å²) in [5.41, 5.74) is 24.2. The predicted octanol–water partition coefficient (Wildman–Crippen LogP) is -9.36. The molecular weight excluding hydrogens is 1570 g/mol. The number of nitrogens with two attached hydrogens (primary N) is 4. The first-order valence-electron chi connectivity index (χ1n) is 39.2. The number of rotatable bonds is 49. The monoisotopic (exact) mass is 1690 g/mol. The Kier molecular flexibility index (Phi) is 39.1. The van der Waals surface area contributed by atoms with Crippen molar-refractivity contribution >= 4 is 111 Å². The maximum atomic E-state index is 14.9. The summed E-state index contributed by atoms with van der Waals surface area (Å²) in [5.74, 6) is -17.1. The number of amides is 15. The number of imidazole rings is 2. The number of benzene rings is 1. The number of H-pyrrole nitrogens is 3. The van der Waals surface area contributed by atoms with Crippen LogP contribution >= 0.6 is 0 Å². The quantitative estimate of drug-likeness (QED) is 0.0111. The molecule has 0 saturated carbocycles. The number of hydrogen-bond acceptors (Lipinski definition) is 24. The van der Waals surface area contributed by atoms with Crippen LogP contribution in [0.2, 0.25) is 0 Å². The number of aromatic nitrogens is 5. The Bertz CT molecular complexity index is 4180. The smallest absolute Gasteiger partial charge is 0.248 e. The number of aromatic amines is 3. The second kappa shape index (κ2) is 47.8. The number of carbonyl (C=O) groups excluding carboxylic acids is 15. The second-order valence-electron chi connectivity index (χ2n) is 30.1. The van der Waals surface area contributed by atoms with E-state index in [1.165, 1.54) is 52.7 Å². The molecule has 0 aliphatic carbocycles. The number of nitrogens with zero attached hydrogens (tertiary/aromatic N) is 3. The van der Waals surface area contributed by atoms with Crippen molar-refractivity contribution in [3.8, 4) is 0 Å². The molecule has 46 nitrogen and oxygen atoms in total. The molecule has 0 unspecified atom stereocenters. The predicted molar refractivity (Wildman–Crippen MR) is 431 cm³/mol. The molecule has 120 heavy (non-hydrogen) atoms. The summed E-state index contributed by atoms with van der Waals surface area (Å²) < 4.78 is 0. The number of para-hydroxylation sites is 1. The molecule has 15 amide bonds. The minimum atomic E-state index is -1.86. The number of aliphatic hydroxyl groups excluding tert-OH is 4. The molecule has 662 valence electrons. The first-order chi connectivity index (χ1) is 56.7. The minimum absolute atomic E-state index is 0.00128. The Labute approximate surface area is 691 Å². The molecule has 0 radical (unpaired) electrons. The standard InChI is InChI=1S/C74H117N27O19/c1-34(2)54(58(76)106)97-67(115)51(30-103)94-65(113)49(25-42-28-82-33-87-42)92-66(114)50(29-102)96-69(117)53-19-14-22-101(53)72(120)57(39(9)105)100-60(108)38(8)89-70(118)55(35(3)4)99-68(116)52(31-104)95-64(112)48(24-41-27-81-32-86-41)91-62(110)46(18-13-21-84-74(79)80)90-63(111)47(23-40-26-85-45-17-11-10-15-43(40)45)93-71(119)56(36(5)6)98-59(107)37(7)88-61(109)44(75)16-12-20-83-73(77)78/h10-11,15,17,26-28,32-39,44,46-57,85,102-105H,12-14,16,18-25,29-31,75H2,1-9H3,(H2,76,106)(H,81,86)(H,82,87)(H,88,109)(H,89,118)(H,90,111)(H,91,110)(H,92,114)(H,93,119)(H,94,113)(H,95,112)(H,96,117)(H,97,115)(H,98,107)(H,99,116)(H,100,108)(H4,77,78,83)(H4,79,80,84)/t37-,38-,39+,44-,46-,47-,48-,49-,50-,51-,52-,53-,54-,55-,56-,57-/m0/s1. The number of hydrogen-bond donors (Lipinski definition) is 28. The molecule has 4 heterocycles. The van der Waals surface area contributed by atoms with Crippen LogP contribution in [-0.2, 0) is 91.2 Å². The molecule has 46 heteroatoms. The van der Waals surface area contributed by atoms with E-state index in [1.807, 2.05) is 0 Å². The summed E-state index contributed by atoms with van der Waals surface area (Å²) in [7, 11) is 0. The third-order valence-electron chi connectivity index (χ3n) is 19.5. The van der Waals surface area contributed by atoms with E-state index in [0.717, 1.165) is 11.8 Å². The molecular formula is C74H117N27O19. The van der Waals surface area contributed by atoms with Crippen LogP contribution < -0.4 is 103 Å². The van der Waals surface area contributed by atoms with Crippen molar-refractivity contribution in [1.82, 2.24) is 110 Å². The van der Waals surface area contributed by atoms with Crippen molar-refractivity contribution in [1.29, 1.82) is 10.8 Å². The Morgan fingerprint density at radius 2 is 0.875 bits per heavy atom. The van der Waals surface area contributed by atoms with Crippen LogP contribution in [0.15, 0.2) is 55.5 Å². The number of nitrogens with one attached hydrogen (secondary N) is 20. The lowest BCUT2D eigenvalue weighted by Gasteiger charge is -2.31. The van der Waals surface area contributed by atoms with Crippen molar-refractivity contribution in [2.24, 2.45) is 40.7 Å². The summed E-state index contributed by atoms with van der Waals surface area (Å²) in [6.45, 7) is 10.2. The van der Waals surface area contributed by atoms with Gasteiger partial charge in [0, 0.05) is 79.8 Å². The number of carbonyl (C=O) groups is 15. The molecule has 4 aromatic rings. The average molecular weight is 1690 g/mol. The van der Waals surface area contributed by atoms with Crippen molar-refractivity contribution < 1.29 is 92.3 Å². The van der Waals surface area contributed by atoms with Crippen molar-refractivity contribution in [3.05, 3.63) is 72.5 Å². The van der Waals surface area contributed by atoms with Crippen LogP contribution in [0.5, 0.6) is 0 Å². The highest BCUT2D eigenvalue weighted by molar-refractivity contribution is 6.01. The van der Waals surface area contributed by atoms with Crippen LogP contribution in [0.3, 0.4) is 0 Å². The van der Waals surface area contributed by atoms with E-state index in [-0.39, 0.29) is 82.7 Å². The molecule has 32 N–H and O–H groups in total. The Morgan fingerprint density at radius 1 is 0.475 bits per heavy atom. The third-order valence-corrected chi connectivity index (χ3v) is 19.5. The van der Waals surface area contributed by atoms with E-state index in [1.54, 1.807) is 58.2 Å². The summed E-state index contributed by atoms with van der Waals surface area (Å²) in [6, 6.07) is -15.5. The lowest BCUT2D eigenvalue weighted by Crippen LogP contribution is -2.62. The number of guanidine groups is 2. The van der Waals surface area contributed by atoms with Gasteiger partial charge in [-0.25, -0.2) is 9.97 Å². The molecule has 0 spiro atoms. The summed E-state index contributed by atoms with van der Waals surface area (Å²) in [6.07, 6.45) is 4.84. The van der Waals surface area contributed by atoms with Gasteiger partial charge in [0.15, 0.2) is 11.9 Å². The van der Waals surface area contributed by atoms with E-state index in [2.05, 4.69) is 105 Å². The van der Waals surface area contributed by atoms with Gasteiger partial charge in [0.2, 0.25) is 88.6 Å². The zero-order valence-corrected chi connectivity index (χ0v) is 68.3. The highest BCUT2D eigenvalue weighted by Crippen LogP contribution is 2.22. The zero-order chi connectivity index (χ0) is 89.4. The number of primary amides is 1. The second-order valence-corrected chi connectivity index (χ2v) is 30.1. The van der Waals surface area contributed by atoms with Gasteiger partial charge < -0.3 is 143 Å². The lowest BCUT2D eigenvalue weighted by atomic mass is 9.99. The molecule has 3 aromatic heterocycles. The number of fused-ring (bicyclic) bond motifs is 1. The average Bonchev–Trinajstić information content (AvgIpc) is 1.69. The highest BCUT2D eigenvalue weighted by Gasteiger charge is 2.43. The van der Waals surface area contributed by atoms with Gasteiger partial charge in [-0.15, -0.1) is 0 Å². The van der Waals surface area contributed by atoms with Crippen LogP contribution in [0.4, 0.5) is 0 Å². The Balaban J connectivity index is 1.28. The Morgan fingerprint density at radius 3 is 1.34 bits per heavy atom. The van der Waals surface area contributed by atoms with Crippen LogP contribution in [0, 0.1) is 28.6 Å². The first kappa shape index (κ1) is 98.1. The molecule has 1 saturated heterocycles. The van der Waals surface area contributed by atoms with Gasteiger partial charge in [-0.2, -0.15) is 0 Å². The molecule has 5 rings (SSSR count). The van der Waals surface area contributed by atoms with E-state index < -0.39 is 229 Å². The summed E-state index contributed by atoms with van der Waals surface area (Å²) >= 11 is 0. The van der Waals surface area contributed by atoms with E-state index in [0.29, 0.717) is 28.6 Å². The maximum Gasteiger partial charge on any atom is 0.248 e. The molecule has 1 aliphatic rings.